The lowest BCUT2D eigenvalue weighted by molar-refractivity contribution is -0.129. The number of nitrogens with one attached hydrogen (secondary N) is 2. The lowest BCUT2D eigenvalue weighted by atomic mass is 10.2. The number of esters is 2. The van der Waals surface area contributed by atoms with Crippen LogP contribution < -0.4 is 20.3 Å². The number of nitrogens with zero attached hydrogens (tertiary/aromatic N) is 2. The van der Waals surface area contributed by atoms with E-state index in [9.17, 15) is 19.2 Å². The van der Waals surface area contributed by atoms with Gasteiger partial charge in [0.05, 0.1) is 23.6 Å². The fourth-order valence-corrected chi connectivity index (χ4v) is 3.31. The molecule has 2 amide bonds. The highest BCUT2D eigenvalue weighted by Gasteiger charge is 2.09. The number of amides is 2. The summed E-state index contributed by atoms with van der Waals surface area (Å²) in [6, 6.07) is 30.3. The first-order valence-corrected chi connectivity index (χ1v) is 12.3. The summed E-state index contributed by atoms with van der Waals surface area (Å²) in [5.41, 5.74) is 6.68. The fourth-order valence-electron chi connectivity index (χ4n) is 3.31. The molecule has 41 heavy (non-hydrogen) atoms. The second-order valence-electron chi connectivity index (χ2n) is 8.41. The zero-order valence-electron chi connectivity index (χ0n) is 21.6. The largest absolute Gasteiger partial charge is 0.423 e. The van der Waals surface area contributed by atoms with Gasteiger partial charge in [0.1, 0.15) is 17.9 Å². The molecule has 0 saturated heterocycles. The third kappa shape index (κ3) is 9.11. The second-order valence-corrected chi connectivity index (χ2v) is 8.41. The molecule has 0 fully saturated rings. The van der Waals surface area contributed by atoms with Crippen LogP contribution in [-0.2, 0) is 9.59 Å². The van der Waals surface area contributed by atoms with Crippen LogP contribution in [0.1, 0.15) is 38.3 Å². The van der Waals surface area contributed by atoms with Crippen LogP contribution in [0.4, 0.5) is 0 Å². The molecule has 4 rings (SSSR count). The molecule has 0 heterocycles. The third-order valence-electron chi connectivity index (χ3n) is 5.33. The van der Waals surface area contributed by atoms with Crippen LogP contribution in [0.25, 0.3) is 0 Å². The van der Waals surface area contributed by atoms with Crippen molar-refractivity contribution in [3.8, 4) is 11.5 Å². The van der Waals surface area contributed by atoms with Gasteiger partial charge in [0, 0.05) is 0 Å². The zero-order chi connectivity index (χ0) is 28.9. The first-order valence-electron chi connectivity index (χ1n) is 12.3. The van der Waals surface area contributed by atoms with Crippen molar-refractivity contribution < 1.29 is 28.7 Å². The molecule has 0 aromatic heterocycles. The van der Waals surface area contributed by atoms with Crippen LogP contribution in [-0.4, -0.2) is 36.2 Å². The van der Waals surface area contributed by atoms with E-state index in [1.54, 1.807) is 97.1 Å². The maximum atomic E-state index is 12.1. The average molecular weight is 549 g/mol. The van der Waals surface area contributed by atoms with E-state index in [2.05, 4.69) is 21.1 Å². The highest BCUT2D eigenvalue weighted by Crippen LogP contribution is 2.15. The Morgan fingerprint density at radius 3 is 1.27 bits per heavy atom. The van der Waals surface area contributed by atoms with E-state index in [-0.39, 0.29) is 0 Å². The topological polar surface area (TPSA) is 136 Å². The van der Waals surface area contributed by atoms with Crippen molar-refractivity contribution in [3.05, 3.63) is 131 Å². The number of hydrazone groups is 2. The summed E-state index contributed by atoms with van der Waals surface area (Å²) in [6.45, 7) is 0. The average Bonchev–Trinajstić information content (AvgIpc) is 3.00. The first-order chi connectivity index (χ1) is 20.0. The van der Waals surface area contributed by atoms with Crippen LogP contribution in [0.15, 0.2) is 119 Å². The highest BCUT2D eigenvalue weighted by atomic mass is 16.5. The normalized spacial score (nSPS) is 10.7. The molecule has 0 atom stereocenters. The van der Waals surface area contributed by atoms with E-state index in [4.69, 9.17) is 9.47 Å². The van der Waals surface area contributed by atoms with Gasteiger partial charge < -0.3 is 9.47 Å². The Labute approximate surface area is 235 Å². The van der Waals surface area contributed by atoms with Crippen LogP contribution in [0.2, 0.25) is 0 Å². The Bertz CT molecular complexity index is 1430. The van der Waals surface area contributed by atoms with Gasteiger partial charge in [0.2, 0.25) is 11.8 Å². The minimum absolute atomic E-state index is 0.361. The standard InChI is InChI=1S/C31H24N4O6/c36-28(34-32-20-22-11-15-26(16-12-22)40-30(38)24-7-3-1-4-8-24)19-29(37)35-33-21-23-13-17-27(18-14-23)41-31(39)25-9-5-2-6-10-25/h1-18,20-21H,19H2,(H,34,36)(H,35,37)/b32-20-,33-21-. The van der Waals surface area contributed by atoms with E-state index < -0.39 is 30.2 Å². The van der Waals surface area contributed by atoms with Gasteiger partial charge in [-0.3, -0.25) is 9.59 Å². The summed E-state index contributed by atoms with van der Waals surface area (Å²) in [5.74, 6) is -1.48. The van der Waals surface area contributed by atoms with Gasteiger partial charge in [-0.15, -0.1) is 0 Å². The van der Waals surface area contributed by atoms with Crippen molar-refractivity contribution in [1.82, 2.24) is 10.9 Å². The second kappa shape index (κ2) is 14.3. The fraction of sp³-hybridized carbons (Fsp3) is 0.0323. The molecule has 204 valence electrons. The molecule has 4 aromatic carbocycles. The Morgan fingerprint density at radius 1 is 0.537 bits per heavy atom. The van der Waals surface area contributed by atoms with Crippen molar-refractivity contribution >= 4 is 36.2 Å². The summed E-state index contributed by atoms with van der Waals surface area (Å²) in [6.07, 6.45) is 2.28. The minimum atomic E-state index is -0.632. The monoisotopic (exact) mass is 548 g/mol. The first kappa shape index (κ1) is 28.1. The molecule has 0 bridgehead atoms. The van der Waals surface area contributed by atoms with Crippen LogP contribution in [0, 0.1) is 0 Å². The Kier molecular flexibility index (Phi) is 9.81. The molecule has 0 saturated carbocycles. The molecule has 4 aromatic rings. The van der Waals surface area contributed by atoms with Gasteiger partial charge in [0.15, 0.2) is 0 Å². The molecular weight excluding hydrogens is 524 g/mol. The van der Waals surface area contributed by atoms with E-state index in [1.807, 2.05) is 12.1 Å². The molecule has 2 N–H and O–H groups in total. The number of carbonyl (C=O) groups excluding carboxylic acids is 4. The quantitative estimate of drug-likeness (QED) is 0.101. The van der Waals surface area contributed by atoms with E-state index in [0.29, 0.717) is 33.8 Å². The van der Waals surface area contributed by atoms with Gasteiger partial charge in [-0.05, 0) is 83.9 Å². The van der Waals surface area contributed by atoms with Gasteiger partial charge in [-0.1, -0.05) is 36.4 Å². The molecule has 0 aliphatic rings. The van der Waals surface area contributed by atoms with E-state index >= 15 is 0 Å². The Balaban J connectivity index is 1.16. The number of hydrogen-bond donors (Lipinski definition) is 2. The molecule has 10 nitrogen and oxygen atoms in total. The van der Waals surface area contributed by atoms with Gasteiger partial charge in [-0.25, -0.2) is 20.4 Å². The molecule has 10 heteroatoms. The summed E-state index contributed by atoms with van der Waals surface area (Å²) < 4.78 is 10.6. The van der Waals surface area contributed by atoms with Crippen molar-refractivity contribution in [2.45, 2.75) is 6.42 Å². The van der Waals surface area contributed by atoms with Crippen molar-refractivity contribution in [2.24, 2.45) is 10.2 Å². The Hall–Kier alpha value is -5.90. The lowest BCUT2D eigenvalue weighted by Gasteiger charge is -2.04. The Morgan fingerprint density at radius 2 is 0.902 bits per heavy atom. The van der Waals surface area contributed by atoms with Gasteiger partial charge in [0.25, 0.3) is 0 Å². The lowest BCUT2D eigenvalue weighted by Crippen LogP contribution is -2.27. The zero-order valence-corrected chi connectivity index (χ0v) is 21.6. The number of benzene rings is 4. The summed E-state index contributed by atoms with van der Waals surface area (Å²) in [7, 11) is 0. The van der Waals surface area contributed by atoms with Crippen LogP contribution in [0.5, 0.6) is 11.5 Å². The van der Waals surface area contributed by atoms with Crippen molar-refractivity contribution in [1.29, 1.82) is 0 Å². The summed E-state index contributed by atoms with van der Waals surface area (Å²) in [5, 5.41) is 7.64. The van der Waals surface area contributed by atoms with E-state index in [1.165, 1.54) is 12.4 Å². The SMILES string of the molecule is O=C(CC(=O)N/N=C\c1ccc(OC(=O)c2ccccc2)cc1)N/N=C\c1ccc(OC(=O)c2ccccc2)cc1. The predicted octanol–water partition coefficient (Wildman–Crippen LogP) is 4.12. The molecule has 0 radical (unpaired) electrons. The van der Waals surface area contributed by atoms with Crippen molar-refractivity contribution in [3.63, 3.8) is 0 Å². The number of rotatable bonds is 10. The molecule has 0 spiro atoms. The molecule has 0 unspecified atom stereocenters. The van der Waals surface area contributed by atoms with Gasteiger partial charge in [-0.2, -0.15) is 10.2 Å². The molecule has 0 aliphatic heterocycles. The number of hydrogen-bond acceptors (Lipinski definition) is 8. The van der Waals surface area contributed by atoms with E-state index in [0.717, 1.165) is 0 Å². The maximum absolute atomic E-state index is 12.1. The van der Waals surface area contributed by atoms with Crippen LogP contribution >= 0.6 is 0 Å². The minimum Gasteiger partial charge on any atom is -0.423 e. The molecular formula is C31H24N4O6. The third-order valence-corrected chi connectivity index (χ3v) is 5.33. The predicted molar refractivity (Wildman–Crippen MR) is 152 cm³/mol. The maximum Gasteiger partial charge on any atom is 0.343 e. The van der Waals surface area contributed by atoms with Gasteiger partial charge >= 0.3 is 11.9 Å². The number of carbonyl (C=O) groups is 4. The summed E-state index contributed by atoms with van der Waals surface area (Å²) in [4.78, 5) is 48.2. The highest BCUT2D eigenvalue weighted by molar-refractivity contribution is 5.97. The smallest absolute Gasteiger partial charge is 0.343 e. The summed E-state index contributed by atoms with van der Waals surface area (Å²) >= 11 is 0. The molecule has 0 aliphatic carbocycles. The number of ether oxygens (including phenoxy) is 2. The van der Waals surface area contributed by atoms with Crippen LogP contribution in [0.3, 0.4) is 0 Å². The van der Waals surface area contributed by atoms with Crippen molar-refractivity contribution in [2.75, 3.05) is 0 Å².